The fourth-order valence-electron chi connectivity index (χ4n) is 1.60. The normalized spacial score (nSPS) is 10.1. The Hall–Kier alpha value is -1.82. The highest BCUT2D eigenvalue weighted by atomic mass is 16.5. The van der Waals surface area contributed by atoms with Gasteiger partial charge < -0.3 is 20.1 Å². The van der Waals surface area contributed by atoms with Crippen molar-refractivity contribution >= 4 is 5.91 Å². The number of nitrogens with zero attached hydrogens (tertiary/aromatic N) is 1. The number of carbonyl (C=O) groups is 1. The summed E-state index contributed by atoms with van der Waals surface area (Å²) in [6.07, 6.45) is 2.58. The van der Waals surface area contributed by atoms with Crippen LogP contribution in [0.4, 0.5) is 0 Å². The highest BCUT2D eigenvalue weighted by Gasteiger charge is 2.10. The van der Waals surface area contributed by atoms with Crippen LogP contribution in [0, 0.1) is 0 Å². The summed E-state index contributed by atoms with van der Waals surface area (Å²) in [5.74, 6) is 1.19. The average molecular weight is 267 g/mol. The second kappa shape index (κ2) is 8.31. The molecule has 106 valence electrons. The topological polar surface area (TPSA) is 72.5 Å². The van der Waals surface area contributed by atoms with Crippen LogP contribution in [-0.2, 0) is 11.3 Å². The summed E-state index contributed by atoms with van der Waals surface area (Å²) < 4.78 is 10.4. The largest absolute Gasteiger partial charge is 0.493 e. The molecule has 0 aromatic carbocycles. The lowest BCUT2D eigenvalue weighted by Gasteiger charge is -2.12. The molecule has 0 unspecified atom stereocenters. The lowest BCUT2D eigenvalue weighted by atomic mass is 10.3. The molecule has 1 aromatic rings. The molecule has 1 heterocycles. The molecular formula is C13H21N3O3. The zero-order valence-corrected chi connectivity index (χ0v) is 11.7. The third-order valence-corrected chi connectivity index (χ3v) is 2.52. The zero-order chi connectivity index (χ0) is 14.1. The van der Waals surface area contributed by atoms with E-state index in [0.717, 1.165) is 6.42 Å². The van der Waals surface area contributed by atoms with Gasteiger partial charge in [-0.2, -0.15) is 0 Å². The third-order valence-electron chi connectivity index (χ3n) is 2.52. The van der Waals surface area contributed by atoms with Crippen molar-refractivity contribution in [2.75, 3.05) is 27.3 Å². The Morgan fingerprint density at radius 2 is 2.16 bits per heavy atom. The van der Waals surface area contributed by atoms with E-state index in [1.54, 1.807) is 26.5 Å². The van der Waals surface area contributed by atoms with Gasteiger partial charge in [0.05, 0.1) is 26.5 Å². The maximum Gasteiger partial charge on any atom is 0.233 e. The molecule has 0 aliphatic rings. The Labute approximate surface area is 113 Å². The van der Waals surface area contributed by atoms with Crippen LogP contribution in [0.3, 0.4) is 0 Å². The van der Waals surface area contributed by atoms with Crippen molar-refractivity contribution in [3.63, 3.8) is 0 Å². The lowest BCUT2D eigenvalue weighted by Crippen LogP contribution is -2.34. The Morgan fingerprint density at radius 1 is 1.37 bits per heavy atom. The Balaban J connectivity index is 2.51. The Bertz CT molecular complexity index is 410. The van der Waals surface area contributed by atoms with Crippen LogP contribution in [0.5, 0.6) is 11.5 Å². The van der Waals surface area contributed by atoms with Gasteiger partial charge in [-0.15, -0.1) is 0 Å². The number of amides is 1. The van der Waals surface area contributed by atoms with E-state index < -0.39 is 0 Å². The molecule has 6 heteroatoms. The van der Waals surface area contributed by atoms with E-state index in [0.29, 0.717) is 30.3 Å². The van der Waals surface area contributed by atoms with E-state index in [1.165, 1.54) is 0 Å². The fraction of sp³-hybridized carbons (Fsp3) is 0.538. The highest BCUT2D eigenvalue weighted by Crippen LogP contribution is 2.28. The van der Waals surface area contributed by atoms with E-state index in [2.05, 4.69) is 15.6 Å². The van der Waals surface area contributed by atoms with Crippen molar-refractivity contribution < 1.29 is 14.3 Å². The minimum Gasteiger partial charge on any atom is -0.493 e. The second-order valence-corrected chi connectivity index (χ2v) is 3.95. The standard InChI is InChI=1S/C13H21N3O3/c1-4-6-16-12(17)9-14-8-10-13(19-3)11(18-2)5-7-15-10/h5,7,14H,4,6,8-9H2,1-3H3,(H,16,17). The number of hydrogen-bond acceptors (Lipinski definition) is 5. The van der Waals surface area contributed by atoms with E-state index >= 15 is 0 Å². The molecule has 2 N–H and O–H groups in total. The zero-order valence-electron chi connectivity index (χ0n) is 11.7. The first-order valence-electron chi connectivity index (χ1n) is 6.26. The molecule has 0 saturated heterocycles. The summed E-state index contributed by atoms with van der Waals surface area (Å²) >= 11 is 0. The van der Waals surface area contributed by atoms with Gasteiger partial charge in [0.15, 0.2) is 11.5 Å². The summed E-state index contributed by atoms with van der Waals surface area (Å²) in [7, 11) is 3.14. The smallest absolute Gasteiger partial charge is 0.233 e. The van der Waals surface area contributed by atoms with E-state index in [9.17, 15) is 4.79 Å². The van der Waals surface area contributed by atoms with Crippen molar-refractivity contribution in [3.8, 4) is 11.5 Å². The fourth-order valence-corrected chi connectivity index (χ4v) is 1.60. The predicted molar refractivity (Wildman–Crippen MR) is 72.3 cm³/mol. The molecule has 1 amide bonds. The molecule has 0 radical (unpaired) electrons. The highest BCUT2D eigenvalue weighted by molar-refractivity contribution is 5.77. The van der Waals surface area contributed by atoms with Gasteiger partial charge in [0.25, 0.3) is 0 Å². The quantitative estimate of drug-likeness (QED) is 0.726. The van der Waals surface area contributed by atoms with Gasteiger partial charge in [-0.1, -0.05) is 6.92 Å². The number of pyridine rings is 1. The third kappa shape index (κ3) is 4.75. The number of carbonyl (C=O) groups excluding carboxylic acids is 1. The number of nitrogens with one attached hydrogen (secondary N) is 2. The lowest BCUT2D eigenvalue weighted by molar-refractivity contribution is -0.120. The van der Waals surface area contributed by atoms with E-state index in [4.69, 9.17) is 9.47 Å². The first-order valence-corrected chi connectivity index (χ1v) is 6.26. The molecule has 6 nitrogen and oxygen atoms in total. The van der Waals surface area contributed by atoms with Crippen molar-refractivity contribution in [3.05, 3.63) is 18.0 Å². The molecule has 1 rings (SSSR count). The van der Waals surface area contributed by atoms with Gasteiger partial charge in [-0.25, -0.2) is 0 Å². The first kappa shape index (κ1) is 15.2. The van der Waals surface area contributed by atoms with Crippen LogP contribution in [0.2, 0.25) is 0 Å². The van der Waals surface area contributed by atoms with Gasteiger partial charge in [0, 0.05) is 25.4 Å². The predicted octanol–water partition coefficient (Wildman–Crippen LogP) is 0.715. The second-order valence-electron chi connectivity index (χ2n) is 3.95. The van der Waals surface area contributed by atoms with E-state index in [1.807, 2.05) is 6.92 Å². The summed E-state index contributed by atoms with van der Waals surface area (Å²) in [6, 6.07) is 1.73. The molecule has 1 aromatic heterocycles. The van der Waals surface area contributed by atoms with Crippen molar-refractivity contribution in [2.45, 2.75) is 19.9 Å². The number of rotatable bonds is 8. The van der Waals surface area contributed by atoms with Crippen molar-refractivity contribution in [1.29, 1.82) is 0 Å². The SMILES string of the molecule is CCCNC(=O)CNCc1nccc(OC)c1OC. The van der Waals surface area contributed by atoms with Gasteiger partial charge >= 0.3 is 0 Å². The number of methoxy groups -OCH3 is 2. The monoisotopic (exact) mass is 267 g/mol. The Kier molecular flexibility index (Phi) is 6.67. The maximum atomic E-state index is 11.4. The van der Waals surface area contributed by atoms with Gasteiger partial charge in [0.1, 0.15) is 0 Å². The van der Waals surface area contributed by atoms with Gasteiger partial charge in [-0.05, 0) is 6.42 Å². The van der Waals surface area contributed by atoms with Crippen LogP contribution in [-0.4, -0.2) is 38.2 Å². The minimum absolute atomic E-state index is 0.0243. The van der Waals surface area contributed by atoms with Crippen LogP contribution in [0.15, 0.2) is 12.3 Å². The average Bonchev–Trinajstić information content (AvgIpc) is 2.44. The molecule has 0 spiro atoms. The van der Waals surface area contributed by atoms with Crippen LogP contribution in [0.25, 0.3) is 0 Å². The number of hydrogen-bond donors (Lipinski definition) is 2. The van der Waals surface area contributed by atoms with Crippen LogP contribution >= 0.6 is 0 Å². The first-order chi connectivity index (χ1) is 9.22. The number of aromatic nitrogens is 1. The molecular weight excluding hydrogens is 246 g/mol. The molecule has 0 fully saturated rings. The molecule has 0 aliphatic carbocycles. The maximum absolute atomic E-state index is 11.4. The molecule has 0 atom stereocenters. The number of ether oxygens (including phenoxy) is 2. The molecule has 19 heavy (non-hydrogen) atoms. The Morgan fingerprint density at radius 3 is 2.79 bits per heavy atom. The van der Waals surface area contributed by atoms with Crippen LogP contribution in [0.1, 0.15) is 19.0 Å². The molecule has 0 bridgehead atoms. The summed E-state index contributed by atoms with van der Waals surface area (Å²) in [5, 5.41) is 5.82. The minimum atomic E-state index is -0.0243. The molecule has 0 saturated carbocycles. The summed E-state index contributed by atoms with van der Waals surface area (Å²) in [5.41, 5.74) is 0.713. The van der Waals surface area contributed by atoms with Crippen LogP contribution < -0.4 is 20.1 Å². The van der Waals surface area contributed by atoms with Crippen molar-refractivity contribution in [1.82, 2.24) is 15.6 Å². The molecule has 0 aliphatic heterocycles. The van der Waals surface area contributed by atoms with E-state index in [-0.39, 0.29) is 12.5 Å². The summed E-state index contributed by atoms with van der Waals surface area (Å²) in [6.45, 7) is 3.40. The summed E-state index contributed by atoms with van der Waals surface area (Å²) in [4.78, 5) is 15.6. The van der Waals surface area contributed by atoms with Crippen molar-refractivity contribution in [2.24, 2.45) is 0 Å². The van der Waals surface area contributed by atoms with Gasteiger partial charge in [0.2, 0.25) is 5.91 Å². The van der Waals surface area contributed by atoms with Gasteiger partial charge in [-0.3, -0.25) is 9.78 Å².